The molecule has 0 unspecified atom stereocenters. The van der Waals surface area contributed by atoms with Crippen LogP contribution in [0.5, 0.6) is 0 Å². The summed E-state index contributed by atoms with van der Waals surface area (Å²) in [6.45, 7) is 4.08. The fourth-order valence-electron chi connectivity index (χ4n) is 2.37. The molecule has 5 heteroatoms. The molecule has 1 aliphatic rings. The molecule has 1 aliphatic heterocycles. The Kier molecular flexibility index (Phi) is 4.10. The van der Waals surface area contributed by atoms with Crippen molar-refractivity contribution < 1.29 is 9.18 Å². The van der Waals surface area contributed by atoms with Crippen LogP contribution in [0.2, 0.25) is 0 Å². The van der Waals surface area contributed by atoms with Crippen molar-refractivity contribution in [3.8, 4) is 0 Å². The van der Waals surface area contributed by atoms with Crippen molar-refractivity contribution >= 4 is 23.5 Å². The normalized spacial score (nSPS) is 15.4. The minimum Gasteiger partial charge on any atom is -0.302 e. The molecule has 0 spiro atoms. The maximum absolute atomic E-state index is 12.9. The van der Waals surface area contributed by atoms with Crippen LogP contribution in [-0.4, -0.2) is 24.4 Å². The van der Waals surface area contributed by atoms with E-state index in [0.29, 0.717) is 17.8 Å². The molecule has 2 aromatic carbocycles. The van der Waals surface area contributed by atoms with E-state index in [1.165, 1.54) is 18.3 Å². The summed E-state index contributed by atoms with van der Waals surface area (Å²) in [6.07, 6.45) is 3.15. The zero-order valence-corrected chi connectivity index (χ0v) is 12.3. The molecule has 0 saturated carbocycles. The first kappa shape index (κ1) is 14.8. The van der Waals surface area contributed by atoms with Gasteiger partial charge in [0, 0.05) is 12.1 Å². The first-order valence-corrected chi connectivity index (χ1v) is 7.09. The first-order valence-electron chi connectivity index (χ1n) is 7.09. The van der Waals surface area contributed by atoms with Crippen LogP contribution in [-0.2, 0) is 4.79 Å². The average molecular weight is 307 g/mol. The van der Waals surface area contributed by atoms with Gasteiger partial charge in [-0.05, 0) is 23.8 Å². The van der Waals surface area contributed by atoms with E-state index in [1.807, 2.05) is 24.3 Å². The number of carbonyl (C=O) groups excluding carboxylic acids is 1. The summed E-state index contributed by atoms with van der Waals surface area (Å²) in [4.78, 5) is 14.1. The topological polar surface area (TPSA) is 45.0 Å². The number of hydrogen-bond acceptors (Lipinski definition) is 3. The van der Waals surface area contributed by atoms with Crippen molar-refractivity contribution in [2.24, 2.45) is 10.2 Å². The van der Waals surface area contributed by atoms with Crippen LogP contribution < -0.4 is 4.90 Å². The van der Waals surface area contributed by atoms with Gasteiger partial charge in [0.05, 0.1) is 11.9 Å². The molecule has 114 valence electrons. The van der Waals surface area contributed by atoms with Crippen molar-refractivity contribution in [3.05, 3.63) is 78.1 Å². The van der Waals surface area contributed by atoms with Crippen molar-refractivity contribution in [1.29, 1.82) is 0 Å². The number of halogens is 1. The van der Waals surface area contributed by atoms with Crippen LogP contribution in [0.25, 0.3) is 0 Å². The Balaban J connectivity index is 1.91. The van der Waals surface area contributed by atoms with Crippen LogP contribution in [0.3, 0.4) is 0 Å². The van der Waals surface area contributed by atoms with E-state index in [1.54, 1.807) is 23.1 Å². The lowest BCUT2D eigenvalue weighted by atomic mass is 10.1. The highest BCUT2D eigenvalue weighted by molar-refractivity contribution is 6.54. The lowest BCUT2D eigenvalue weighted by Crippen LogP contribution is -2.30. The number of nitrogens with zero attached hydrogens (tertiary/aromatic N) is 3. The smallest absolute Gasteiger partial charge is 0.279 e. The van der Waals surface area contributed by atoms with E-state index in [9.17, 15) is 9.18 Å². The predicted octanol–water partition coefficient (Wildman–Crippen LogP) is 3.18. The van der Waals surface area contributed by atoms with Gasteiger partial charge in [0.2, 0.25) is 0 Å². The van der Waals surface area contributed by atoms with Crippen LogP contribution in [0.4, 0.5) is 10.1 Å². The number of fused-ring (bicyclic) bond motifs is 1. The molecule has 0 atom stereocenters. The molecule has 1 heterocycles. The van der Waals surface area contributed by atoms with Gasteiger partial charge in [-0.2, -0.15) is 5.10 Å². The monoisotopic (exact) mass is 307 g/mol. The largest absolute Gasteiger partial charge is 0.302 e. The van der Waals surface area contributed by atoms with Crippen molar-refractivity contribution in [1.82, 2.24) is 0 Å². The summed E-state index contributed by atoms with van der Waals surface area (Å²) in [5.74, 6) is -0.518. The maximum atomic E-state index is 12.9. The van der Waals surface area contributed by atoms with Gasteiger partial charge in [-0.1, -0.05) is 36.4 Å². The van der Waals surface area contributed by atoms with Crippen LogP contribution in [0.1, 0.15) is 11.1 Å². The minimum atomic E-state index is -0.312. The number of benzene rings is 2. The summed E-state index contributed by atoms with van der Waals surface area (Å²) in [5.41, 5.74) is 2.54. The Bertz CT molecular complexity index is 809. The van der Waals surface area contributed by atoms with Crippen molar-refractivity contribution in [2.45, 2.75) is 0 Å². The molecule has 4 nitrogen and oxygen atoms in total. The van der Waals surface area contributed by atoms with Gasteiger partial charge >= 0.3 is 0 Å². The predicted molar refractivity (Wildman–Crippen MR) is 89.5 cm³/mol. The molecular formula is C18H14FN3O. The number of hydrogen-bond donors (Lipinski definition) is 0. The molecule has 0 saturated heterocycles. The number of carbonyl (C=O) groups is 1. The highest BCUT2D eigenvalue weighted by atomic mass is 19.1. The molecule has 0 bridgehead atoms. The second-order valence-electron chi connectivity index (χ2n) is 4.97. The van der Waals surface area contributed by atoms with Crippen molar-refractivity contribution in [2.75, 3.05) is 11.4 Å². The summed E-state index contributed by atoms with van der Waals surface area (Å²) >= 11 is 0. The molecule has 0 fully saturated rings. The van der Waals surface area contributed by atoms with E-state index < -0.39 is 0 Å². The van der Waals surface area contributed by atoms with E-state index >= 15 is 0 Å². The Morgan fingerprint density at radius 1 is 1.13 bits per heavy atom. The van der Waals surface area contributed by atoms with Gasteiger partial charge in [0.1, 0.15) is 5.82 Å². The molecule has 1 amide bonds. The highest BCUT2D eigenvalue weighted by Crippen LogP contribution is 2.28. The maximum Gasteiger partial charge on any atom is 0.279 e. The number of para-hydroxylation sites is 1. The lowest BCUT2D eigenvalue weighted by molar-refractivity contribution is -0.112. The van der Waals surface area contributed by atoms with E-state index in [2.05, 4.69) is 16.8 Å². The lowest BCUT2D eigenvalue weighted by Gasteiger charge is -2.13. The second-order valence-corrected chi connectivity index (χ2v) is 4.97. The molecule has 23 heavy (non-hydrogen) atoms. The molecule has 0 aliphatic carbocycles. The quantitative estimate of drug-likeness (QED) is 0.486. The highest BCUT2D eigenvalue weighted by Gasteiger charge is 2.32. The number of anilines is 1. The van der Waals surface area contributed by atoms with Crippen LogP contribution in [0.15, 0.2) is 71.4 Å². The zero-order chi connectivity index (χ0) is 16.2. The molecule has 3 rings (SSSR count). The summed E-state index contributed by atoms with van der Waals surface area (Å²) in [7, 11) is 0. The van der Waals surface area contributed by atoms with E-state index in [4.69, 9.17) is 0 Å². The fraction of sp³-hybridized carbons (Fsp3) is 0.0556. The summed E-state index contributed by atoms with van der Waals surface area (Å²) in [5, 5.41) is 8.03. The molecule has 0 aromatic heterocycles. The van der Waals surface area contributed by atoms with Gasteiger partial charge in [0.25, 0.3) is 5.91 Å². The molecule has 0 radical (unpaired) electrons. The van der Waals surface area contributed by atoms with Gasteiger partial charge in [-0.25, -0.2) is 4.39 Å². The Morgan fingerprint density at radius 3 is 2.61 bits per heavy atom. The molecule has 2 aromatic rings. The third kappa shape index (κ3) is 2.94. The van der Waals surface area contributed by atoms with Crippen molar-refractivity contribution in [3.63, 3.8) is 0 Å². The third-order valence-corrected chi connectivity index (χ3v) is 3.44. The van der Waals surface area contributed by atoms with Gasteiger partial charge in [-0.15, -0.1) is 11.7 Å². The minimum absolute atomic E-state index is 0.206. The Hall–Kier alpha value is -3.08. The van der Waals surface area contributed by atoms with Gasteiger partial charge < -0.3 is 4.90 Å². The number of amides is 1. The van der Waals surface area contributed by atoms with E-state index in [0.717, 1.165) is 11.3 Å². The van der Waals surface area contributed by atoms with E-state index in [-0.39, 0.29) is 11.7 Å². The fourth-order valence-corrected chi connectivity index (χ4v) is 2.37. The molecular weight excluding hydrogens is 293 g/mol. The third-order valence-electron chi connectivity index (χ3n) is 3.44. The van der Waals surface area contributed by atoms with Gasteiger partial charge in [0.15, 0.2) is 5.71 Å². The first-order chi connectivity index (χ1) is 11.2. The SMILES string of the molecule is C=CCN1C(=O)/C(=N\N=C/c2ccc(F)cc2)c2ccccc21. The molecule has 0 N–H and O–H groups in total. The summed E-state index contributed by atoms with van der Waals surface area (Å²) in [6, 6.07) is 13.3. The second kappa shape index (κ2) is 6.36. The standard InChI is InChI=1S/C18H14FN3O/c1-2-11-22-16-6-4-3-5-15(16)17(18(22)23)21-20-12-13-7-9-14(19)10-8-13/h2-10,12H,1,11H2/b20-12-,21-17-. The Labute approximate surface area is 133 Å². The van der Waals surface area contributed by atoms with Crippen LogP contribution in [0, 0.1) is 5.82 Å². The van der Waals surface area contributed by atoms with Crippen LogP contribution >= 0.6 is 0 Å². The average Bonchev–Trinajstić information content (AvgIpc) is 2.83. The zero-order valence-electron chi connectivity index (χ0n) is 12.3. The summed E-state index contributed by atoms with van der Waals surface area (Å²) < 4.78 is 12.9. The van der Waals surface area contributed by atoms with Gasteiger partial charge in [-0.3, -0.25) is 4.79 Å². The number of rotatable bonds is 4. The Morgan fingerprint density at radius 2 is 1.87 bits per heavy atom.